The van der Waals surface area contributed by atoms with Crippen molar-refractivity contribution in [3.05, 3.63) is 71.0 Å². The molecule has 0 bridgehead atoms. The molecule has 2 aromatic carbocycles. The van der Waals surface area contributed by atoms with Gasteiger partial charge in [0.25, 0.3) is 0 Å². The van der Waals surface area contributed by atoms with Crippen LogP contribution in [0.3, 0.4) is 0 Å². The predicted molar refractivity (Wildman–Crippen MR) is 84.8 cm³/mol. The van der Waals surface area contributed by atoms with E-state index in [0.717, 1.165) is 0 Å². The molecule has 0 aliphatic heterocycles. The second-order valence-corrected chi connectivity index (χ2v) is 5.77. The normalized spacial score (nSPS) is 18.8. The van der Waals surface area contributed by atoms with E-state index in [9.17, 15) is 14.0 Å². The number of rotatable bonds is 5. The third kappa shape index (κ3) is 3.45. The molecule has 0 saturated heterocycles. The topological polar surface area (TPSA) is 52.6 Å². The van der Waals surface area contributed by atoms with Crippen LogP contribution in [0.1, 0.15) is 33.8 Å². The summed E-state index contributed by atoms with van der Waals surface area (Å²) < 4.78 is 23.7. The minimum atomic E-state index is -0.440. The van der Waals surface area contributed by atoms with Crippen LogP contribution in [0, 0.1) is 11.7 Å². The van der Waals surface area contributed by atoms with E-state index >= 15 is 0 Å². The molecule has 1 aliphatic rings. The van der Waals surface area contributed by atoms with Crippen LogP contribution in [-0.4, -0.2) is 19.0 Å². The minimum Gasteiger partial charge on any atom is -0.465 e. The summed E-state index contributed by atoms with van der Waals surface area (Å²) in [5.41, 5.74) is 1.67. The summed E-state index contributed by atoms with van der Waals surface area (Å²) in [6.07, 6.45) is 0.599. The zero-order valence-corrected chi connectivity index (χ0v) is 13.2. The van der Waals surface area contributed by atoms with Crippen LogP contribution < -0.4 is 0 Å². The molecule has 0 radical (unpaired) electrons. The molecule has 2 atom stereocenters. The number of carbonyl (C=O) groups is 2. The Hall–Kier alpha value is -2.69. The molecule has 2 aromatic rings. The SMILES string of the molecule is COC(=O)c1cccc(COC(=O)[C@H]2C[C@H]2c2ccccc2F)c1. The van der Waals surface area contributed by atoms with Crippen molar-refractivity contribution in [3.8, 4) is 0 Å². The van der Waals surface area contributed by atoms with Gasteiger partial charge in [0.15, 0.2) is 0 Å². The van der Waals surface area contributed by atoms with Gasteiger partial charge < -0.3 is 9.47 Å². The molecule has 24 heavy (non-hydrogen) atoms. The highest BCUT2D eigenvalue weighted by molar-refractivity contribution is 5.89. The van der Waals surface area contributed by atoms with Gasteiger partial charge >= 0.3 is 11.9 Å². The molecule has 3 rings (SSSR count). The molecule has 5 heteroatoms. The fourth-order valence-corrected chi connectivity index (χ4v) is 2.74. The van der Waals surface area contributed by atoms with Gasteiger partial charge in [-0.3, -0.25) is 4.79 Å². The molecule has 0 N–H and O–H groups in total. The molecule has 0 aromatic heterocycles. The molecular weight excluding hydrogens is 311 g/mol. The summed E-state index contributed by atoms with van der Waals surface area (Å²) in [6.45, 7) is 0.0736. The van der Waals surface area contributed by atoms with Crippen molar-refractivity contribution in [2.24, 2.45) is 5.92 Å². The standard InChI is InChI=1S/C19H17FO4/c1-23-18(21)13-6-4-5-12(9-13)11-24-19(22)16-10-15(16)14-7-2-3-8-17(14)20/h2-9,15-16H,10-11H2,1H3/t15-,16-/m0/s1. The highest BCUT2D eigenvalue weighted by Crippen LogP contribution is 2.48. The van der Waals surface area contributed by atoms with E-state index in [1.165, 1.54) is 13.2 Å². The lowest BCUT2D eigenvalue weighted by Crippen LogP contribution is -2.09. The van der Waals surface area contributed by atoms with Crippen molar-refractivity contribution in [2.45, 2.75) is 18.9 Å². The Kier molecular flexibility index (Phi) is 4.60. The zero-order chi connectivity index (χ0) is 17.1. The third-order valence-corrected chi connectivity index (χ3v) is 4.13. The first-order valence-electron chi connectivity index (χ1n) is 7.68. The Morgan fingerprint density at radius 2 is 1.96 bits per heavy atom. The van der Waals surface area contributed by atoms with Gasteiger partial charge in [-0.25, -0.2) is 9.18 Å². The number of methoxy groups -OCH3 is 1. The summed E-state index contributed by atoms with van der Waals surface area (Å²) in [5.74, 6) is -1.48. The van der Waals surface area contributed by atoms with Gasteiger partial charge in [-0.05, 0) is 35.7 Å². The van der Waals surface area contributed by atoms with Crippen LogP contribution >= 0.6 is 0 Å². The average Bonchev–Trinajstić information content (AvgIpc) is 3.40. The Morgan fingerprint density at radius 3 is 2.71 bits per heavy atom. The summed E-state index contributed by atoms with van der Waals surface area (Å²) in [7, 11) is 1.31. The Balaban J connectivity index is 1.58. The number of carbonyl (C=O) groups excluding carboxylic acids is 2. The fraction of sp³-hybridized carbons (Fsp3) is 0.263. The maximum absolute atomic E-state index is 13.7. The summed E-state index contributed by atoms with van der Waals surface area (Å²) in [5, 5.41) is 0. The van der Waals surface area contributed by atoms with Crippen LogP contribution in [0.4, 0.5) is 4.39 Å². The summed E-state index contributed by atoms with van der Waals surface area (Å²) in [4.78, 5) is 23.6. The zero-order valence-electron chi connectivity index (χ0n) is 13.2. The van der Waals surface area contributed by atoms with Crippen molar-refractivity contribution in [3.63, 3.8) is 0 Å². The van der Waals surface area contributed by atoms with Crippen LogP contribution in [-0.2, 0) is 20.9 Å². The fourth-order valence-electron chi connectivity index (χ4n) is 2.74. The molecule has 0 heterocycles. The van der Waals surface area contributed by atoms with Crippen molar-refractivity contribution in [1.29, 1.82) is 0 Å². The highest BCUT2D eigenvalue weighted by Gasteiger charge is 2.46. The average molecular weight is 328 g/mol. The second-order valence-electron chi connectivity index (χ2n) is 5.77. The van der Waals surface area contributed by atoms with Gasteiger partial charge in [-0.1, -0.05) is 30.3 Å². The first-order valence-corrected chi connectivity index (χ1v) is 7.68. The lowest BCUT2D eigenvalue weighted by atomic mass is 10.1. The van der Waals surface area contributed by atoms with Crippen molar-refractivity contribution < 1.29 is 23.5 Å². The van der Waals surface area contributed by atoms with Crippen molar-refractivity contribution in [2.75, 3.05) is 7.11 Å². The van der Waals surface area contributed by atoms with Crippen LogP contribution in [0.5, 0.6) is 0 Å². The predicted octanol–water partition coefficient (Wildman–Crippen LogP) is 3.46. The highest BCUT2D eigenvalue weighted by atomic mass is 19.1. The van der Waals surface area contributed by atoms with Gasteiger partial charge in [0.2, 0.25) is 0 Å². The van der Waals surface area contributed by atoms with Crippen LogP contribution in [0.25, 0.3) is 0 Å². The monoisotopic (exact) mass is 328 g/mol. The number of esters is 2. The van der Waals surface area contributed by atoms with Gasteiger partial charge in [-0.2, -0.15) is 0 Å². The molecule has 0 amide bonds. The maximum atomic E-state index is 13.7. The molecular formula is C19H17FO4. The molecule has 1 aliphatic carbocycles. The molecule has 4 nitrogen and oxygen atoms in total. The third-order valence-electron chi connectivity index (χ3n) is 4.13. The number of hydrogen-bond donors (Lipinski definition) is 0. The van der Waals surface area contributed by atoms with E-state index in [2.05, 4.69) is 4.74 Å². The molecule has 0 unspecified atom stereocenters. The lowest BCUT2D eigenvalue weighted by Gasteiger charge is -2.07. The van der Waals surface area contributed by atoms with E-state index < -0.39 is 5.97 Å². The van der Waals surface area contributed by atoms with Gasteiger partial charge in [-0.15, -0.1) is 0 Å². The van der Waals surface area contributed by atoms with Crippen molar-refractivity contribution in [1.82, 2.24) is 0 Å². The molecule has 1 fully saturated rings. The Bertz CT molecular complexity index is 771. The number of ether oxygens (including phenoxy) is 2. The second kappa shape index (κ2) is 6.83. The maximum Gasteiger partial charge on any atom is 0.337 e. The quantitative estimate of drug-likeness (QED) is 0.789. The van der Waals surface area contributed by atoms with E-state index in [4.69, 9.17) is 4.74 Å². The number of halogens is 1. The first-order chi connectivity index (χ1) is 11.6. The molecule has 124 valence electrons. The minimum absolute atomic E-state index is 0.0736. The van der Waals surface area contributed by atoms with E-state index in [0.29, 0.717) is 23.1 Å². The van der Waals surface area contributed by atoms with Crippen LogP contribution in [0.2, 0.25) is 0 Å². The number of benzene rings is 2. The van der Waals surface area contributed by atoms with Gasteiger partial charge in [0, 0.05) is 5.92 Å². The Labute approximate surface area is 139 Å². The van der Waals surface area contributed by atoms with E-state index in [-0.39, 0.29) is 30.2 Å². The largest absolute Gasteiger partial charge is 0.465 e. The van der Waals surface area contributed by atoms with E-state index in [1.807, 2.05) is 0 Å². The summed E-state index contributed by atoms with van der Waals surface area (Å²) >= 11 is 0. The van der Waals surface area contributed by atoms with E-state index in [1.54, 1.807) is 42.5 Å². The van der Waals surface area contributed by atoms with Gasteiger partial charge in [0.05, 0.1) is 18.6 Å². The Morgan fingerprint density at radius 1 is 1.17 bits per heavy atom. The van der Waals surface area contributed by atoms with Crippen molar-refractivity contribution >= 4 is 11.9 Å². The molecule has 1 saturated carbocycles. The van der Waals surface area contributed by atoms with Gasteiger partial charge in [0.1, 0.15) is 12.4 Å². The number of hydrogen-bond acceptors (Lipinski definition) is 4. The van der Waals surface area contributed by atoms with Crippen LogP contribution in [0.15, 0.2) is 48.5 Å². The summed E-state index contributed by atoms with van der Waals surface area (Å²) in [6, 6.07) is 13.2. The first kappa shape index (κ1) is 16.2. The smallest absolute Gasteiger partial charge is 0.337 e. The lowest BCUT2D eigenvalue weighted by molar-refractivity contribution is -0.146. The molecule has 0 spiro atoms.